The minimum Gasteiger partial charge on any atom is -0.321 e. The third kappa shape index (κ3) is 3.36. The number of nitrogens with one attached hydrogen (secondary N) is 1. The zero-order valence-corrected chi connectivity index (χ0v) is 14.9. The normalized spacial score (nSPS) is 10.2. The Morgan fingerprint density at radius 1 is 0.962 bits per heavy atom. The molecule has 0 unspecified atom stereocenters. The van der Waals surface area contributed by atoms with E-state index in [9.17, 15) is 10.1 Å². The second-order valence-electron chi connectivity index (χ2n) is 6.12. The second-order valence-corrected chi connectivity index (χ2v) is 6.12. The number of nitrogens with zero attached hydrogens (tertiary/aromatic N) is 1. The lowest BCUT2D eigenvalue weighted by atomic mass is 9.95. The zero-order chi connectivity index (χ0) is 18.5. The summed E-state index contributed by atoms with van der Waals surface area (Å²) in [6.45, 7) is 4.06. The highest BCUT2D eigenvalue weighted by Gasteiger charge is 2.16. The highest BCUT2D eigenvalue weighted by Crippen LogP contribution is 2.28. The molecule has 0 aromatic heterocycles. The van der Waals surface area contributed by atoms with Gasteiger partial charge in [-0.05, 0) is 42.2 Å². The Bertz CT molecular complexity index is 999. The summed E-state index contributed by atoms with van der Waals surface area (Å²) in [6.07, 6.45) is 0.843. The number of carbonyl (C=O) groups is 1. The highest BCUT2D eigenvalue weighted by atomic mass is 16.1. The number of anilines is 1. The van der Waals surface area contributed by atoms with Crippen molar-refractivity contribution >= 4 is 11.6 Å². The summed E-state index contributed by atoms with van der Waals surface area (Å²) < 4.78 is 0. The Hall–Kier alpha value is -3.38. The molecule has 0 spiro atoms. The van der Waals surface area contributed by atoms with Crippen molar-refractivity contribution in [3.63, 3.8) is 0 Å². The molecular weight excluding hydrogens is 320 g/mol. The van der Waals surface area contributed by atoms with Crippen molar-refractivity contribution in [2.24, 2.45) is 0 Å². The fraction of sp³-hybridized carbons (Fsp3) is 0.130. The van der Waals surface area contributed by atoms with Crippen LogP contribution in [0.25, 0.3) is 11.1 Å². The van der Waals surface area contributed by atoms with Gasteiger partial charge in [0, 0.05) is 16.8 Å². The molecule has 0 aliphatic heterocycles. The van der Waals surface area contributed by atoms with Gasteiger partial charge in [-0.3, -0.25) is 4.79 Å². The van der Waals surface area contributed by atoms with Crippen molar-refractivity contribution in [2.75, 3.05) is 5.32 Å². The summed E-state index contributed by atoms with van der Waals surface area (Å²) in [6, 6.07) is 23.0. The van der Waals surface area contributed by atoms with Gasteiger partial charge in [0.25, 0.3) is 5.91 Å². The first kappa shape index (κ1) is 17.4. The number of para-hydroxylation sites is 1. The number of benzene rings is 3. The van der Waals surface area contributed by atoms with E-state index in [2.05, 4.69) is 18.3 Å². The molecule has 0 fully saturated rings. The number of amides is 1. The fourth-order valence-electron chi connectivity index (χ4n) is 3.11. The van der Waals surface area contributed by atoms with E-state index in [0.29, 0.717) is 11.1 Å². The fourth-order valence-corrected chi connectivity index (χ4v) is 3.11. The van der Waals surface area contributed by atoms with Crippen LogP contribution in [0, 0.1) is 18.3 Å². The van der Waals surface area contributed by atoms with Crippen LogP contribution >= 0.6 is 0 Å². The molecule has 0 saturated heterocycles. The third-order valence-corrected chi connectivity index (χ3v) is 4.49. The first-order valence-electron chi connectivity index (χ1n) is 8.64. The molecule has 128 valence electrons. The maximum atomic E-state index is 13.0. The smallest absolute Gasteiger partial charge is 0.256 e. The SMILES string of the molecule is CCc1cccc(C)c1NC(=O)c1ccccc1-c1ccccc1C#N. The lowest BCUT2D eigenvalue weighted by Gasteiger charge is -2.15. The monoisotopic (exact) mass is 340 g/mol. The van der Waals surface area contributed by atoms with E-state index >= 15 is 0 Å². The molecule has 0 saturated carbocycles. The number of carbonyl (C=O) groups excluding carboxylic acids is 1. The van der Waals surface area contributed by atoms with Gasteiger partial charge in [-0.25, -0.2) is 0 Å². The van der Waals surface area contributed by atoms with Gasteiger partial charge in [0.2, 0.25) is 0 Å². The quantitative estimate of drug-likeness (QED) is 0.696. The van der Waals surface area contributed by atoms with Gasteiger partial charge >= 0.3 is 0 Å². The molecule has 0 atom stereocenters. The number of rotatable bonds is 4. The van der Waals surface area contributed by atoms with Crippen LogP contribution in [-0.2, 0) is 6.42 Å². The third-order valence-electron chi connectivity index (χ3n) is 4.49. The predicted molar refractivity (Wildman–Crippen MR) is 105 cm³/mol. The van der Waals surface area contributed by atoms with E-state index in [1.54, 1.807) is 12.1 Å². The largest absolute Gasteiger partial charge is 0.321 e. The van der Waals surface area contributed by atoms with Crippen molar-refractivity contribution < 1.29 is 4.79 Å². The Labute approximate surface area is 153 Å². The van der Waals surface area contributed by atoms with Crippen molar-refractivity contribution in [2.45, 2.75) is 20.3 Å². The van der Waals surface area contributed by atoms with Gasteiger partial charge in [0.05, 0.1) is 11.6 Å². The first-order valence-corrected chi connectivity index (χ1v) is 8.64. The van der Waals surface area contributed by atoms with Crippen LogP contribution in [0.1, 0.15) is 34.0 Å². The summed E-state index contributed by atoms with van der Waals surface area (Å²) >= 11 is 0. The Morgan fingerprint density at radius 3 is 2.38 bits per heavy atom. The standard InChI is InChI=1S/C23H20N2O/c1-3-17-11-8-9-16(2)22(17)25-23(26)21-14-7-6-13-20(21)19-12-5-4-10-18(19)15-24/h4-14H,3H2,1-2H3,(H,25,26). The minimum atomic E-state index is -0.169. The van der Waals surface area contributed by atoms with Gasteiger partial charge in [0.15, 0.2) is 0 Å². The molecule has 26 heavy (non-hydrogen) atoms. The highest BCUT2D eigenvalue weighted by molar-refractivity contribution is 6.09. The number of nitriles is 1. The van der Waals surface area contributed by atoms with Crippen LogP contribution in [0.3, 0.4) is 0 Å². The Balaban J connectivity index is 2.04. The van der Waals surface area contributed by atoms with Gasteiger partial charge in [0.1, 0.15) is 0 Å². The van der Waals surface area contributed by atoms with Crippen LogP contribution in [0.5, 0.6) is 0 Å². The molecular formula is C23H20N2O. The summed E-state index contributed by atoms with van der Waals surface area (Å²) in [4.78, 5) is 13.0. The molecule has 0 aliphatic carbocycles. The topological polar surface area (TPSA) is 52.9 Å². The van der Waals surface area contributed by atoms with Crippen molar-refractivity contribution in [3.05, 3.63) is 89.0 Å². The lowest BCUT2D eigenvalue weighted by Crippen LogP contribution is -2.15. The average molecular weight is 340 g/mol. The van der Waals surface area contributed by atoms with Gasteiger partial charge < -0.3 is 5.32 Å². The van der Waals surface area contributed by atoms with Gasteiger partial charge in [-0.1, -0.05) is 61.5 Å². The molecule has 1 amide bonds. The Morgan fingerprint density at radius 2 is 1.65 bits per heavy atom. The molecule has 0 aliphatic rings. The van der Waals surface area contributed by atoms with Crippen molar-refractivity contribution in [1.29, 1.82) is 5.26 Å². The molecule has 3 heteroatoms. The van der Waals surface area contributed by atoms with E-state index in [0.717, 1.165) is 34.4 Å². The maximum absolute atomic E-state index is 13.0. The maximum Gasteiger partial charge on any atom is 0.256 e. The van der Waals surface area contributed by atoms with E-state index in [4.69, 9.17) is 0 Å². The predicted octanol–water partition coefficient (Wildman–Crippen LogP) is 5.35. The molecule has 0 heterocycles. The van der Waals surface area contributed by atoms with Crippen LogP contribution in [0.2, 0.25) is 0 Å². The lowest BCUT2D eigenvalue weighted by molar-refractivity contribution is 0.102. The van der Waals surface area contributed by atoms with Crippen LogP contribution in [-0.4, -0.2) is 5.91 Å². The average Bonchev–Trinajstić information content (AvgIpc) is 2.69. The van der Waals surface area contributed by atoms with Gasteiger partial charge in [-0.15, -0.1) is 0 Å². The van der Waals surface area contributed by atoms with Crippen LogP contribution in [0.15, 0.2) is 66.7 Å². The first-order chi connectivity index (χ1) is 12.7. The summed E-state index contributed by atoms with van der Waals surface area (Å²) in [5.41, 5.74) is 5.64. The molecule has 3 rings (SSSR count). The summed E-state index contributed by atoms with van der Waals surface area (Å²) in [5.74, 6) is -0.169. The molecule has 3 aromatic carbocycles. The zero-order valence-electron chi connectivity index (χ0n) is 14.9. The van der Waals surface area contributed by atoms with Crippen LogP contribution < -0.4 is 5.32 Å². The number of aryl methyl sites for hydroxylation is 2. The Kier molecular flexibility index (Phi) is 5.15. The van der Waals surface area contributed by atoms with Gasteiger partial charge in [-0.2, -0.15) is 5.26 Å². The van der Waals surface area contributed by atoms with Crippen molar-refractivity contribution in [3.8, 4) is 17.2 Å². The summed E-state index contributed by atoms with van der Waals surface area (Å²) in [5, 5.41) is 12.5. The molecule has 0 radical (unpaired) electrons. The van der Waals surface area contributed by atoms with Crippen LogP contribution in [0.4, 0.5) is 5.69 Å². The molecule has 1 N–H and O–H groups in total. The molecule has 3 nitrogen and oxygen atoms in total. The molecule has 3 aromatic rings. The number of hydrogen-bond donors (Lipinski definition) is 1. The van der Waals surface area contributed by atoms with Crippen molar-refractivity contribution in [1.82, 2.24) is 0 Å². The minimum absolute atomic E-state index is 0.169. The van der Waals surface area contributed by atoms with E-state index in [1.165, 1.54) is 0 Å². The van der Waals surface area contributed by atoms with E-state index < -0.39 is 0 Å². The van der Waals surface area contributed by atoms with E-state index in [1.807, 2.05) is 61.5 Å². The molecule has 0 bridgehead atoms. The van der Waals surface area contributed by atoms with E-state index in [-0.39, 0.29) is 5.91 Å². The summed E-state index contributed by atoms with van der Waals surface area (Å²) in [7, 11) is 0. The second kappa shape index (κ2) is 7.67. The number of hydrogen-bond acceptors (Lipinski definition) is 2.